The van der Waals surface area contributed by atoms with Gasteiger partial charge >= 0.3 is 0 Å². The lowest BCUT2D eigenvalue weighted by Crippen LogP contribution is -2.15. The Morgan fingerprint density at radius 2 is 1.88 bits per heavy atom. The second-order valence-electron chi connectivity index (χ2n) is 3.66. The van der Waals surface area contributed by atoms with E-state index in [0.717, 1.165) is 0 Å². The molecule has 0 aliphatic carbocycles. The van der Waals surface area contributed by atoms with E-state index < -0.39 is 0 Å². The maximum Gasteiger partial charge on any atom is 0.228 e. The topological polar surface area (TPSA) is 48.7 Å². The Morgan fingerprint density at radius 1 is 1.06 bits per heavy atom. The van der Waals surface area contributed by atoms with E-state index in [1.807, 2.05) is 0 Å². The number of hydrogen-bond donors (Lipinski definition) is 0. The summed E-state index contributed by atoms with van der Waals surface area (Å²) >= 11 is 0. The number of fused-ring (bicyclic) bond motifs is 1. The average molecular weight is 230 g/mol. The second-order valence-corrected chi connectivity index (χ2v) is 3.66. The number of hydrogen-bond acceptors (Lipinski definition) is 4. The molecule has 1 aliphatic rings. The molecule has 4 heteroatoms. The molecule has 1 aromatic carbocycles. The van der Waals surface area contributed by atoms with Crippen LogP contribution in [0.2, 0.25) is 0 Å². The van der Waals surface area contributed by atoms with Gasteiger partial charge in [-0.2, -0.15) is 0 Å². The van der Waals surface area contributed by atoms with Crippen LogP contribution in [-0.2, 0) is 0 Å². The first kappa shape index (κ1) is 9.96. The molecule has 3 rings (SSSR count). The molecule has 86 valence electrons. The lowest BCUT2D eigenvalue weighted by Gasteiger charge is -2.18. The van der Waals surface area contributed by atoms with E-state index in [1.54, 1.807) is 30.3 Å². The minimum Gasteiger partial charge on any atom is -0.486 e. The van der Waals surface area contributed by atoms with Crippen molar-refractivity contribution in [2.45, 2.75) is 0 Å². The third-order valence-corrected chi connectivity index (χ3v) is 2.55. The molecule has 1 aliphatic heterocycles. The Hall–Kier alpha value is -2.23. The summed E-state index contributed by atoms with van der Waals surface area (Å²) in [6, 6.07) is 8.45. The van der Waals surface area contributed by atoms with Crippen LogP contribution in [0.5, 0.6) is 11.5 Å². The largest absolute Gasteiger partial charge is 0.486 e. The summed E-state index contributed by atoms with van der Waals surface area (Å²) in [7, 11) is 0. The van der Waals surface area contributed by atoms with Gasteiger partial charge in [0.15, 0.2) is 17.3 Å². The quantitative estimate of drug-likeness (QED) is 0.742. The molecular formula is C13H10O4. The van der Waals surface area contributed by atoms with Gasteiger partial charge in [0, 0.05) is 5.56 Å². The van der Waals surface area contributed by atoms with E-state index >= 15 is 0 Å². The highest BCUT2D eigenvalue weighted by molar-refractivity contribution is 6.07. The highest BCUT2D eigenvalue weighted by Crippen LogP contribution is 2.31. The van der Waals surface area contributed by atoms with Gasteiger partial charge < -0.3 is 13.9 Å². The molecule has 0 N–H and O–H groups in total. The summed E-state index contributed by atoms with van der Waals surface area (Å²) in [5, 5.41) is 0. The summed E-state index contributed by atoms with van der Waals surface area (Å²) in [6.45, 7) is 1.05. The van der Waals surface area contributed by atoms with E-state index in [9.17, 15) is 4.79 Å². The van der Waals surface area contributed by atoms with Gasteiger partial charge in [0.25, 0.3) is 0 Å². The van der Waals surface area contributed by atoms with Crippen molar-refractivity contribution >= 4 is 5.78 Å². The Labute approximate surface area is 97.8 Å². The normalized spacial score (nSPS) is 13.4. The zero-order chi connectivity index (χ0) is 11.7. The molecule has 4 nitrogen and oxygen atoms in total. The molecule has 0 amide bonds. The van der Waals surface area contributed by atoms with Crippen molar-refractivity contribution in [2.75, 3.05) is 13.2 Å². The highest BCUT2D eigenvalue weighted by atomic mass is 16.6. The zero-order valence-corrected chi connectivity index (χ0v) is 9.01. The van der Waals surface area contributed by atoms with Crippen LogP contribution >= 0.6 is 0 Å². The molecule has 1 aromatic heterocycles. The molecule has 0 saturated carbocycles. The predicted molar refractivity (Wildman–Crippen MR) is 59.6 cm³/mol. The van der Waals surface area contributed by atoms with Crippen molar-refractivity contribution < 1.29 is 18.7 Å². The summed E-state index contributed by atoms with van der Waals surface area (Å²) in [6.07, 6.45) is 1.48. The van der Waals surface area contributed by atoms with Crippen molar-refractivity contribution in [3.63, 3.8) is 0 Å². The van der Waals surface area contributed by atoms with Crippen molar-refractivity contribution in [3.8, 4) is 11.5 Å². The fourth-order valence-electron chi connectivity index (χ4n) is 1.73. The molecule has 2 heterocycles. The highest BCUT2D eigenvalue weighted by Gasteiger charge is 2.17. The number of furan rings is 1. The van der Waals surface area contributed by atoms with Gasteiger partial charge in [0.1, 0.15) is 13.2 Å². The first-order valence-corrected chi connectivity index (χ1v) is 5.32. The van der Waals surface area contributed by atoms with Crippen LogP contribution in [0.15, 0.2) is 41.0 Å². The Morgan fingerprint density at radius 3 is 2.65 bits per heavy atom. The lowest BCUT2D eigenvalue weighted by atomic mass is 10.1. The summed E-state index contributed by atoms with van der Waals surface area (Å²) in [5.74, 6) is 1.44. The molecule has 17 heavy (non-hydrogen) atoms. The molecule has 2 aromatic rings. The van der Waals surface area contributed by atoms with Crippen molar-refractivity contribution in [1.82, 2.24) is 0 Å². The van der Waals surface area contributed by atoms with E-state index in [4.69, 9.17) is 13.9 Å². The monoisotopic (exact) mass is 230 g/mol. The Kier molecular flexibility index (Phi) is 2.33. The summed E-state index contributed by atoms with van der Waals surface area (Å²) < 4.78 is 15.9. The van der Waals surface area contributed by atoms with E-state index in [0.29, 0.717) is 36.0 Å². The third kappa shape index (κ3) is 1.78. The molecule has 0 atom stereocenters. The van der Waals surface area contributed by atoms with Crippen LogP contribution in [0.3, 0.4) is 0 Å². The van der Waals surface area contributed by atoms with E-state index in [1.165, 1.54) is 6.26 Å². The summed E-state index contributed by atoms with van der Waals surface area (Å²) in [5.41, 5.74) is 0.532. The van der Waals surface area contributed by atoms with Crippen LogP contribution in [0.25, 0.3) is 0 Å². The number of benzene rings is 1. The lowest BCUT2D eigenvalue weighted by molar-refractivity contribution is 0.101. The van der Waals surface area contributed by atoms with Crippen molar-refractivity contribution in [1.29, 1.82) is 0 Å². The van der Waals surface area contributed by atoms with Crippen LogP contribution < -0.4 is 9.47 Å². The first-order chi connectivity index (χ1) is 8.34. The average Bonchev–Trinajstić information content (AvgIpc) is 2.91. The van der Waals surface area contributed by atoms with Gasteiger partial charge in [0.05, 0.1) is 6.26 Å². The zero-order valence-electron chi connectivity index (χ0n) is 9.01. The van der Waals surface area contributed by atoms with E-state index in [2.05, 4.69) is 0 Å². The van der Waals surface area contributed by atoms with Gasteiger partial charge in [-0.1, -0.05) is 0 Å². The maximum absolute atomic E-state index is 12.0. The molecule has 0 saturated heterocycles. The summed E-state index contributed by atoms with van der Waals surface area (Å²) in [4.78, 5) is 12.0. The van der Waals surface area contributed by atoms with Gasteiger partial charge in [-0.05, 0) is 30.3 Å². The van der Waals surface area contributed by atoms with Gasteiger partial charge in [0.2, 0.25) is 5.78 Å². The van der Waals surface area contributed by atoms with Crippen LogP contribution in [0.4, 0.5) is 0 Å². The fraction of sp³-hybridized carbons (Fsp3) is 0.154. The predicted octanol–water partition coefficient (Wildman–Crippen LogP) is 2.28. The van der Waals surface area contributed by atoms with Gasteiger partial charge in [-0.25, -0.2) is 0 Å². The smallest absolute Gasteiger partial charge is 0.228 e. The number of ether oxygens (including phenoxy) is 2. The van der Waals surface area contributed by atoms with Gasteiger partial charge in [-0.15, -0.1) is 0 Å². The minimum absolute atomic E-state index is 0.160. The van der Waals surface area contributed by atoms with Gasteiger partial charge in [-0.3, -0.25) is 4.79 Å². The van der Waals surface area contributed by atoms with Crippen LogP contribution in [0.1, 0.15) is 16.1 Å². The van der Waals surface area contributed by atoms with Crippen LogP contribution in [-0.4, -0.2) is 19.0 Å². The maximum atomic E-state index is 12.0. The molecule has 0 bridgehead atoms. The second kappa shape index (κ2) is 3.97. The minimum atomic E-state index is -0.160. The van der Waals surface area contributed by atoms with Crippen molar-refractivity contribution in [2.24, 2.45) is 0 Å². The number of ketones is 1. The van der Waals surface area contributed by atoms with E-state index in [-0.39, 0.29) is 5.78 Å². The molecule has 0 radical (unpaired) electrons. The molecule has 0 spiro atoms. The fourth-order valence-corrected chi connectivity index (χ4v) is 1.73. The Balaban J connectivity index is 1.96. The molecular weight excluding hydrogens is 220 g/mol. The number of carbonyl (C=O) groups is 1. The standard InChI is InChI=1S/C13H10O4/c14-13(11-2-1-5-15-11)9-3-4-10-12(8-9)17-7-6-16-10/h1-5,8H,6-7H2. The third-order valence-electron chi connectivity index (χ3n) is 2.55. The molecule has 0 unspecified atom stereocenters. The van der Waals surface area contributed by atoms with Crippen LogP contribution in [0, 0.1) is 0 Å². The number of rotatable bonds is 2. The van der Waals surface area contributed by atoms with Crippen molar-refractivity contribution in [3.05, 3.63) is 47.9 Å². The Bertz CT molecular complexity index is 543. The number of carbonyl (C=O) groups excluding carboxylic acids is 1. The SMILES string of the molecule is O=C(c1ccc2c(c1)OCCO2)c1ccco1. The molecule has 0 fully saturated rings. The first-order valence-electron chi connectivity index (χ1n) is 5.32.